The van der Waals surface area contributed by atoms with E-state index in [0.717, 1.165) is 6.54 Å². The Kier molecular flexibility index (Phi) is 5.42. The predicted molar refractivity (Wildman–Crippen MR) is 58.3 cm³/mol. The Hall–Kier alpha value is -0.810. The van der Waals surface area contributed by atoms with E-state index in [1.54, 1.807) is 0 Å². The van der Waals surface area contributed by atoms with E-state index >= 15 is 0 Å². The fourth-order valence-electron chi connectivity index (χ4n) is 2.15. The lowest BCUT2D eigenvalue weighted by atomic mass is 9.84. The molecule has 5 nitrogen and oxygen atoms in total. The standard InChI is InChI=1S/C10H21N3O2/c11-7-8-3-1-2-4-9(8)13-5-6-15-10(12)14/h8-9,13H,1-7,11H2,(H2,12,14). The summed E-state index contributed by atoms with van der Waals surface area (Å²) < 4.78 is 4.65. The van der Waals surface area contributed by atoms with Crippen molar-refractivity contribution in [2.45, 2.75) is 31.7 Å². The van der Waals surface area contributed by atoms with E-state index in [1.165, 1.54) is 25.7 Å². The molecule has 1 rings (SSSR count). The summed E-state index contributed by atoms with van der Waals surface area (Å²) in [5, 5.41) is 3.37. The van der Waals surface area contributed by atoms with Crippen LogP contribution in [0.3, 0.4) is 0 Å². The zero-order valence-electron chi connectivity index (χ0n) is 9.08. The van der Waals surface area contributed by atoms with Crippen LogP contribution in [-0.2, 0) is 4.74 Å². The summed E-state index contributed by atoms with van der Waals surface area (Å²) in [6.07, 6.45) is 4.18. The molecule has 1 amide bonds. The molecule has 88 valence electrons. The Morgan fingerprint density at radius 1 is 1.40 bits per heavy atom. The highest BCUT2D eigenvalue weighted by Crippen LogP contribution is 2.23. The number of nitrogens with one attached hydrogen (secondary N) is 1. The van der Waals surface area contributed by atoms with Crippen LogP contribution < -0.4 is 16.8 Å². The van der Waals surface area contributed by atoms with E-state index in [4.69, 9.17) is 11.5 Å². The summed E-state index contributed by atoms with van der Waals surface area (Å²) in [5.74, 6) is 0.562. The van der Waals surface area contributed by atoms with Crippen LogP contribution in [0.5, 0.6) is 0 Å². The molecular formula is C10H21N3O2. The summed E-state index contributed by atoms with van der Waals surface area (Å²) in [6.45, 7) is 1.72. The van der Waals surface area contributed by atoms with Gasteiger partial charge in [-0.15, -0.1) is 0 Å². The molecule has 1 saturated carbocycles. The quantitative estimate of drug-likeness (QED) is 0.571. The molecule has 0 radical (unpaired) electrons. The summed E-state index contributed by atoms with van der Waals surface area (Å²) in [4.78, 5) is 10.3. The van der Waals surface area contributed by atoms with E-state index in [-0.39, 0.29) is 0 Å². The van der Waals surface area contributed by atoms with Crippen molar-refractivity contribution in [2.24, 2.45) is 17.4 Å². The fourth-order valence-corrected chi connectivity index (χ4v) is 2.15. The maximum absolute atomic E-state index is 10.3. The molecule has 5 heteroatoms. The van der Waals surface area contributed by atoms with E-state index < -0.39 is 6.09 Å². The number of hydrogen-bond acceptors (Lipinski definition) is 4. The highest BCUT2D eigenvalue weighted by Gasteiger charge is 2.22. The van der Waals surface area contributed by atoms with Crippen molar-refractivity contribution in [3.63, 3.8) is 0 Å². The van der Waals surface area contributed by atoms with Gasteiger partial charge in [0.25, 0.3) is 0 Å². The molecule has 5 N–H and O–H groups in total. The molecular weight excluding hydrogens is 194 g/mol. The molecule has 2 atom stereocenters. The maximum atomic E-state index is 10.3. The first-order valence-electron chi connectivity index (χ1n) is 5.59. The monoisotopic (exact) mass is 215 g/mol. The van der Waals surface area contributed by atoms with Crippen LogP contribution in [0.25, 0.3) is 0 Å². The van der Waals surface area contributed by atoms with Crippen LogP contribution in [0.15, 0.2) is 0 Å². The van der Waals surface area contributed by atoms with Crippen LogP contribution >= 0.6 is 0 Å². The van der Waals surface area contributed by atoms with Crippen molar-refractivity contribution in [3.8, 4) is 0 Å². The fraction of sp³-hybridized carbons (Fsp3) is 0.900. The Labute approximate surface area is 90.5 Å². The summed E-state index contributed by atoms with van der Waals surface area (Å²) in [5.41, 5.74) is 10.6. The molecule has 0 bridgehead atoms. The Morgan fingerprint density at radius 2 is 2.13 bits per heavy atom. The third-order valence-corrected chi connectivity index (χ3v) is 2.96. The van der Waals surface area contributed by atoms with Crippen molar-refractivity contribution >= 4 is 6.09 Å². The lowest BCUT2D eigenvalue weighted by Gasteiger charge is -2.31. The van der Waals surface area contributed by atoms with Crippen molar-refractivity contribution < 1.29 is 9.53 Å². The second-order valence-corrected chi connectivity index (χ2v) is 4.01. The Bertz CT molecular complexity index is 199. The molecule has 1 fully saturated rings. The molecule has 0 aromatic carbocycles. The van der Waals surface area contributed by atoms with Crippen molar-refractivity contribution in [2.75, 3.05) is 19.7 Å². The first-order valence-corrected chi connectivity index (χ1v) is 5.59. The number of amides is 1. The van der Waals surface area contributed by atoms with Gasteiger partial charge in [-0.05, 0) is 25.3 Å². The highest BCUT2D eigenvalue weighted by molar-refractivity contribution is 5.64. The predicted octanol–water partition coefficient (Wildman–Crippen LogP) is 0.189. The zero-order valence-corrected chi connectivity index (χ0v) is 9.08. The molecule has 0 heterocycles. The molecule has 0 aromatic rings. The topological polar surface area (TPSA) is 90.4 Å². The third kappa shape index (κ3) is 4.48. The number of rotatable bonds is 5. The largest absolute Gasteiger partial charge is 0.448 e. The van der Waals surface area contributed by atoms with Crippen molar-refractivity contribution in [3.05, 3.63) is 0 Å². The zero-order chi connectivity index (χ0) is 11.1. The van der Waals surface area contributed by atoms with Crippen LogP contribution in [0.4, 0.5) is 4.79 Å². The van der Waals surface area contributed by atoms with Crippen LogP contribution in [0.2, 0.25) is 0 Å². The molecule has 0 saturated heterocycles. The van der Waals surface area contributed by atoms with Crippen LogP contribution in [-0.4, -0.2) is 31.8 Å². The minimum absolute atomic E-state index is 0.336. The number of hydrogen-bond donors (Lipinski definition) is 3. The second-order valence-electron chi connectivity index (χ2n) is 4.01. The smallest absolute Gasteiger partial charge is 0.404 e. The minimum atomic E-state index is -0.712. The lowest BCUT2D eigenvalue weighted by molar-refractivity contribution is 0.152. The number of nitrogens with two attached hydrogens (primary N) is 2. The number of ether oxygens (including phenoxy) is 1. The van der Waals surface area contributed by atoms with E-state index in [2.05, 4.69) is 10.1 Å². The van der Waals surface area contributed by atoms with Crippen LogP contribution in [0, 0.1) is 5.92 Å². The SMILES string of the molecule is NCC1CCCCC1NCCOC(N)=O. The van der Waals surface area contributed by atoms with Gasteiger partial charge >= 0.3 is 6.09 Å². The average Bonchev–Trinajstić information content (AvgIpc) is 2.24. The minimum Gasteiger partial charge on any atom is -0.448 e. The summed E-state index contributed by atoms with van der Waals surface area (Å²) in [6, 6.07) is 0.472. The number of carbonyl (C=O) groups excluding carboxylic acids is 1. The lowest BCUT2D eigenvalue weighted by Crippen LogP contribution is -2.43. The van der Waals surface area contributed by atoms with Gasteiger partial charge in [0.2, 0.25) is 0 Å². The molecule has 0 spiro atoms. The van der Waals surface area contributed by atoms with Gasteiger partial charge < -0.3 is 21.5 Å². The van der Waals surface area contributed by atoms with Gasteiger partial charge in [-0.3, -0.25) is 0 Å². The van der Waals surface area contributed by atoms with Gasteiger partial charge in [-0.2, -0.15) is 0 Å². The van der Waals surface area contributed by atoms with Crippen molar-refractivity contribution in [1.82, 2.24) is 5.32 Å². The van der Waals surface area contributed by atoms with E-state index in [0.29, 0.717) is 25.1 Å². The van der Waals surface area contributed by atoms with Gasteiger partial charge in [-0.25, -0.2) is 4.79 Å². The molecule has 2 unspecified atom stereocenters. The Balaban J connectivity index is 2.15. The molecule has 1 aliphatic carbocycles. The van der Waals surface area contributed by atoms with E-state index in [1.807, 2.05) is 0 Å². The van der Waals surface area contributed by atoms with Gasteiger partial charge in [0.15, 0.2) is 0 Å². The van der Waals surface area contributed by atoms with Gasteiger partial charge in [-0.1, -0.05) is 12.8 Å². The maximum Gasteiger partial charge on any atom is 0.404 e. The van der Waals surface area contributed by atoms with Crippen molar-refractivity contribution in [1.29, 1.82) is 0 Å². The average molecular weight is 215 g/mol. The molecule has 15 heavy (non-hydrogen) atoms. The molecule has 1 aliphatic rings. The molecule has 0 aromatic heterocycles. The normalized spacial score (nSPS) is 26.2. The van der Waals surface area contributed by atoms with Gasteiger partial charge in [0.05, 0.1) is 0 Å². The first-order chi connectivity index (χ1) is 7.24. The van der Waals surface area contributed by atoms with E-state index in [9.17, 15) is 4.79 Å². The highest BCUT2D eigenvalue weighted by atomic mass is 16.5. The second kappa shape index (κ2) is 6.63. The number of carbonyl (C=O) groups is 1. The van der Waals surface area contributed by atoms with Gasteiger partial charge in [0.1, 0.15) is 6.61 Å². The van der Waals surface area contributed by atoms with Crippen LogP contribution in [0.1, 0.15) is 25.7 Å². The summed E-state index contributed by atoms with van der Waals surface area (Å²) >= 11 is 0. The third-order valence-electron chi connectivity index (χ3n) is 2.96. The number of primary amides is 1. The van der Waals surface area contributed by atoms with Gasteiger partial charge in [0, 0.05) is 12.6 Å². The first kappa shape index (κ1) is 12.3. The summed E-state index contributed by atoms with van der Waals surface area (Å²) in [7, 11) is 0. The molecule has 0 aliphatic heterocycles. The Morgan fingerprint density at radius 3 is 2.80 bits per heavy atom.